The van der Waals surface area contributed by atoms with Crippen molar-refractivity contribution in [1.82, 2.24) is 9.97 Å². The molecule has 1 heterocycles. The van der Waals surface area contributed by atoms with Crippen LogP contribution in [0.5, 0.6) is 0 Å². The van der Waals surface area contributed by atoms with E-state index in [0.29, 0.717) is 5.56 Å². The number of carbonyl (C=O) groups is 2. The number of amides is 2. The Kier molecular flexibility index (Phi) is 6.40. The number of aromatic nitrogens is 2. The Morgan fingerprint density at radius 1 is 1.14 bits per heavy atom. The van der Waals surface area contributed by atoms with Crippen molar-refractivity contribution in [2.45, 2.75) is 17.3 Å². The maximum atomic E-state index is 13.7. The Bertz CT molecular complexity index is 1120. The lowest BCUT2D eigenvalue weighted by Gasteiger charge is -2.09. The molecule has 0 fully saturated rings. The summed E-state index contributed by atoms with van der Waals surface area (Å²) in [5, 5.41) is 2.87. The topological polar surface area (TPSA) is 118 Å². The predicted molar refractivity (Wildman–Crippen MR) is 108 cm³/mol. The van der Waals surface area contributed by atoms with E-state index in [-0.39, 0.29) is 40.1 Å². The minimum absolute atomic E-state index is 0.176. The van der Waals surface area contributed by atoms with Gasteiger partial charge in [-0.25, -0.2) is 9.37 Å². The third-order valence-corrected chi connectivity index (χ3v) is 4.83. The van der Waals surface area contributed by atoms with Crippen molar-refractivity contribution in [3.63, 3.8) is 0 Å². The van der Waals surface area contributed by atoms with Gasteiger partial charge in [0.1, 0.15) is 5.82 Å². The third-order valence-electron chi connectivity index (χ3n) is 3.90. The number of hydrogen-bond acceptors (Lipinski definition) is 5. The first kappa shape index (κ1) is 20.3. The van der Waals surface area contributed by atoms with Crippen molar-refractivity contribution in [2.75, 3.05) is 5.32 Å². The van der Waals surface area contributed by atoms with Gasteiger partial charge in [0, 0.05) is 11.8 Å². The van der Waals surface area contributed by atoms with E-state index in [1.54, 1.807) is 36.4 Å². The molecule has 4 N–H and O–H groups in total. The molecule has 148 valence electrons. The quantitative estimate of drug-likeness (QED) is 0.407. The monoisotopic (exact) mass is 412 g/mol. The van der Waals surface area contributed by atoms with Crippen LogP contribution in [-0.2, 0) is 17.0 Å². The van der Waals surface area contributed by atoms with E-state index in [1.807, 2.05) is 0 Å². The molecule has 0 atom stereocenters. The number of para-hydroxylation sites is 1. The summed E-state index contributed by atoms with van der Waals surface area (Å²) in [6.45, 7) is 0. The third kappa shape index (κ3) is 5.52. The molecule has 0 aliphatic heterocycles. The average molecular weight is 412 g/mol. The molecule has 0 aliphatic rings. The number of thioether (sulfide) groups is 1. The molecule has 0 spiro atoms. The Morgan fingerprint density at radius 3 is 2.62 bits per heavy atom. The van der Waals surface area contributed by atoms with Gasteiger partial charge in [-0.2, -0.15) is 0 Å². The number of nitrogens with one attached hydrogen (secondary N) is 2. The van der Waals surface area contributed by atoms with Gasteiger partial charge < -0.3 is 16.0 Å². The molecular weight excluding hydrogens is 395 g/mol. The largest absolute Gasteiger partial charge is 0.366 e. The van der Waals surface area contributed by atoms with Crippen LogP contribution < -0.4 is 16.6 Å². The molecule has 0 bridgehead atoms. The Balaban J connectivity index is 1.70. The summed E-state index contributed by atoms with van der Waals surface area (Å²) in [5.41, 5.74) is 6.07. The number of nitrogens with zero attached hydrogens (tertiary/aromatic N) is 1. The molecule has 29 heavy (non-hydrogen) atoms. The number of carbonyl (C=O) groups excluding carboxylic acids is 2. The molecule has 0 aliphatic carbocycles. The van der Waals surface area contributed by atoms with Gasteiger partial charge in [-0.05, 0) is 23.8 Å². The summed E-state index contributed by atoms with van der Waals surface area (Å²) in [7, 11) is 0. The van der Waals surface area contributed by atoms with Crippen LogP contribution in [0.25, 0.3) is 0 Å². The normalized spacial score (nSPS) is 10.5. The summed E-state index contributed by atoms with van der Waals surface area (Å²) in [5.74, 6) is -1.19. The fourth-order valence-corrected chi connectivity index (χ4v) is 3.45. The second kappa shape index (κ2) is 9.16. The van der Waals surface area contributed by atoms with Gasteiger partial charge in [-0.15, -0.1) is 0 Å². The molecule has 9 heteroatoms. The van der Waals surface area contributed by atoms with E-state index >= 15 is 0 Å². The van der Waals surface area contributed by atoms with Crippen LogP contribution in [0.2, 0.25) is 0 Å². The first-order chi connectivity index (χ1) is 13.9. The Hall–Kier alpha value is -3.46. The Labute approximate surface area is 169 Å². The molecule has 7 nitrogen and oxygen atoms in total. The molecule has 0 saturated carbocycles. The van der Waals surface area contributed by atoms with Crippen LogP contribution in [0.4, 0.5) is 10.1 Å². The highest BCUT2D eigenvalue weighted by molar-refractivity contribution is 7.98. The van der Waals surface area contributed by atoms with E-state index in [9.17, 15) is 18.8 Å². The summed E-state index contributed by atoms with van der Waals surface area (Å²) >= 11 is 1.15. The lowest BCUT2D eigenvalue weighted by molar-refractivity contribution is -0.115. The number of aromatic amines is 1. The van der Waals surface area contributed by atoms with Gasteiger partial charge in [-0.3, -0.25) is 14.4 Å². The summed E-state index contributed by atoms with van der Waals surface area (Å²) in [6, 6.07) is 13.9. The highest BCUT2D eigenvalue weighted by Crippen LogP contribution is 2.20. The smallest absolute Gasteiger partial charge is 0.251 e. The van der Waals surface area contributed by atoms with Crippen LogP contribution >= 0.6 is 11.8 Å². The van der Waals surface area contributed by atoms with Crippen molar-refractivity contribution in [1.29, 1.82) is 0 Å². The minimum atomic E-state index is -0.665. The summed E-state index contributed by atoms with van der Waals surface area (Å²) < 4.78 is 13.7. The lowest BCUT2D eigenvalue weighted by Crippen LogP contribution is -2.21. The van der Waals surface area contributed by atoms with E-state index in [0.717, 1.165) is 11.8 Å². The molecule has 0 saturated heterocycles. The van der Waals surface area contributed by atoms with Crippen LogP contribution in [-0.4, -0.2) is 21.8 Å². The zero-order valence-electron chi connectivity index (χ0n) is 15.1. The molecule has 0 unspecified atom stereocenters. The molecular formula is C20H17FN4O3S. The van der Waals surface area contributed by atoms with Gasteiger partial charge >= 0.3 is 0 Å². The van der Waals surface area contributed by atoms with Gasteiger partial charge in [0.05, 0.1) is 23.4 Å². The number of H-pyrrole nitrogens is 1. The number of halogens is 1. The molecule has 2 aromatic carbocycles. The van der Waals surface area contributed by atoms with E-state index in [4.69, 9.17) is 5.73 Å². The number of primary amides is 1. The Morgan fingerprint density at radius 2 is 1.86 bits per heavy atom. The fourth-order valence-electron chi connectivity index (χ4n) is 2.57. The van der Waals surface area contributed by atoms with Crippen LogP contribution in [0, 0.1) is 5.82 Å². The number of benzene rings is 2. The van der Waals surface area contributed by atoms with Crippen LogP contribution in [0.1, 0.15) is 21.6 Å². The number of hydrogen-bond donors (Lipinski definition) is 3. The van der Waals surface area contributed by atoms with Crippen molar-refractivity contribution >= 4 is 29.3 Å². The molecule has 1 aromatic heterocycles. The van der Waals surface area contributed by atoms with Crippen molar-refractivity contribution in [3.8, 4) is 0 Å². The molecule has 0 radical (unpaired) electrons. The van der Waals surface area contributed by atoms with E-state index in [1.165, 1.54) is 18.2 Å². The zero-order valence-corrected chi connectivity index (χ0v) is 16.0. The first-order valence-electron chi connectivity index (χ1n) is 8.57. The maximum Gasteiger partial charge on any atom is 0.251 e. The van der Waals surface area contributed by atoms with Crippen molar-refractivity contribution in [3.05, 3.63) is 87.6 Å². The van der Waals surface area contributed by atoms with Crippen molar-refractivity contribution < 1.29 is 14.0 Å². The second-order valence-corrected chi connectivity index (χ2v) is 7.02. The van der Waals surface area contributed by atoms with Crippen molar-refractivity contribution in [2.24, 2.45) is 5.73 Å². The number of anilines is 1. The van der Waals surface area contributed by atoms with E-state index < -0.39 is 17.4 Å². The molecule has 2 amide bonds. The standard InChI is InChI=1S/C20H17FN4O3S/c21-15-7-3-1-5-12(15)11-29-20-23-13(10-18(27)25-20)9-17(26)24-16-8-4-2-6-14(16)19(22)28/h1-8,10H,9,11H2,(H2,22,28)(H,24,26)(H,23,25,27). The zero-order chi connectivity index (χ0) is 20.8. The average Bonchev–Trinajstić information content (AvgIpc) is 2.67. The van der Waals surface area contributed by atoms with E-state index in [2.05, 4.69) is 15.3 Å². The van der Waals surface area contributed by atoms with Crippen LogP contribution in [0.3, 0.4) is 0 Å². The van der Waals surface area contributed by atoms with Crippen LogP contribution in [0.15, 0.2) is 64.5 Å². The first-order valence-corrected chi connectivity index (χ1v) is 9.56. The highest BCUT2D eigenvalue weighted by atomic mass is 32.2. The van der Waals surface area contributed by atoms with Gasteiger partial charge in [0.25, 0.3) is 11.5 Å². The number of rotatable bonds is 7. The second-order valence-electron chi connectivity index (χ2n) is 6.06. The summed E-state index contributed by atoms with van der Waals surface area (Å²) in [4.78, 5) is 42.5. The fraction of sp³-hybridized carbons (Fsp3) is 0.100. The van der Waals surface area contributed by atoms with Gasteiger partial charge in [0.15, 0.2) is 5.16 Å². The van der Waals surface area contributed by atoms with Gasteiger partial charge in [0.2, 0.25) is 5.91 Å². The SMILES string of the molecule is NC(=O)c1ccccc1NC(=O)Cc1cc(=O)[nH]c(SCc2ccccc2F)n1. The molecule has 3 aromatic rings. The lowest BCUT2D eigenvalue weighted by atomic mass is 10.1. The highest BCUT2D eigenvalue weighted by Gasteiger charge is 2.13. The maximum absolute atomic E-state index is 13.7. The number of nitrogens with two attached hydrogens (primary N) is 1. The molecule has 3 rings (SSSR count). The summed E-state index contributed by atoms with van der Waals surface area (Å²) in [6.07, 6.45) is -0.176. The predicted octanol–water partition coefficient (Wildman–Crippen LogP) is 2.48. The minimum Gasteiger partial charge on any atom is -0.366 e. The van der Waals surface area contributed by atoms with Gasteiger partial charge in [-0.1, -0.05) is 42.1 Å².